The van der Waals surface area contributed by atoms with E-state index < -0.39 is 16.6 Å². The lowest BCUT2D eigenvalue weighted by atomic mass is 10.7. The van der Waals surface area contributed by atoms with Gasteiger partial charge in [-0.1, -0.05) is 11.8 Å². The van der Waals surface area contributed by atoms with Gasteiger partial charge in [-0.2, -0.15) is 0 Å². The molecule has 16 heavy (non-hydrogen) atoms. The molecule has 6 heteroatoms. The zero-order valence-electron chi connectivity index (χ0n) is 10.7. The van der Waals surface area contributed by atoms with Gasteiger partial charge in [-0.05, 0) is 38.8 Å². The molecule has 1 aromatic rings. The first-order valence-electron chi connectivity index (χ1n) is 5.38. The highest BCUT2D eigenvalue weighted by Gasteiger charge is 2.29. The van der Waals surface area contributed by atoms with Crippen LogP contribution in [0.5, 0.6) is 0 Å². The number of hydrogen-bond acceptors (Lipinski definition) is 4. The van der Waals surface area contributed by atoms with Crippen molar-refractivity contribution in [3.05, 3.63) is 18.5 Å². The maximum atomic E-state index is 6.25. The van der Waals surface area contributed by atoms with E-state index in [-0.39, 0.29) is 0 Å². The molecule has 0 N–H and O–H groups in total. The summed E-state index contributed by atoms with van der Waals surface area (Å²) in [6.07, 6.45) is 3.56. The molecule has 0 unspecified atom stereocenters. The van der Waals surface area contributed by atoms with Crippen molar-refractivity contribution in [2.45, 2.75) is 37.9 Å². The minimum Gasteiger partial charge on any atom is -0.455 e. The van der Waals surface area contributed by atoms with Gasteiger partial charge in [-0.25, -0.2) is 9.97 Å². The molecule has 0 aliphatic heterocycles. The Morgan fingerprint density at radius 3 is 2.19 bits per heavy atom. The Morgan fingerprint density at radius 1 is 1.12 bits per heavy atom. The summed E-state index contributed by atoms with van der Waals surface area (Å²) in [5.41, 5.74) is 0. The molecule has 0 atom stereocenters. The molecule has 1 aromatic heterocycles. The van der Waals surface area contributed by atoms with E-state index in [1.54, 1.807) is 24.2 Å². The molecule has 0 radical (unpaired) electrons. The van der Waals surface area contributed by atoms with Gasteiger partial charge in [0.25, 0.3) is 0 Å². The largest absolute Gasteiger partial charge is 0.455 e. The summed E-state index contributed by atoms with van der Waals surface area (Å²) >= 11 is 1.70. The molecular weight excluding hydrogens is 252 g/mol. The molecule has 0 fully saturated rings. The van der Waals surface area contributed by atoms with Crippen molar-refractivity contribution in [3.8, 4) is 0 Å². The molecule has 0 aliphatic rings. The summed E-state index contributed by atoms with van der Waals surface area (Å²) < 4.78 is 6.25. The highest BCUT2D eigenvalue weighted by atomic mass is 32.2. The maximum Gasteiger partial charge on any atom is 0.187 e. The number of thioether (sulfide) groups is 1. The predicted molar refractivity (Wildman–Crippen MR) is 74.7 cm³/mol. The molecule has 0 amide bonds. The zero-order valence-corrected chi connectivity index (χ0v) is 13.5. The zero-order chi connectivity index (χ0) is 12.2. The first kappa shape index (κ1) is 13.9. The van der Waals surface area contributed by atoms with Gasteiger partial charge in [0.05, 0.1) is 0 Å². The molecule has 0 bridgehead atoms. The van der Waals surface area contributed by atoms with Crippen LogP contribution in [0.1, 0.15) is 0 Å². The van der Waals surface area contributed by atoms with Gasteiger partial charge in [0, 0.05) is 17.8 Å². The van der Waals surface area contributed by atoms with Crippen LogP contribution in [-0.2, 0) is 4.12 Å². The van der Waals surface area contributed by atoms with Gasteiger partial charge in [-0.3, -0.25) is 0 Å². The normalized spacial score (nSPS) is 12.8. The van der Waals surface area contributed by atoms with Crippen molar-refractivity contribution in [2.24, 2.45) is 0 Å². The molecule has 0 spiro atoms. The van der Waals surface area contributed by atoms with Crippen molar-refractivity contribution in [2.75, 3.05) is 5.38 Å². The van der Waals surface area contributed by atoms with Crippen LogP contribution in [0.3, 0.4) is 0 Å². The Bertz CT molecular complexity index is 327. The lowest BCUT2D eigenvalue weighted by Gasteiger charge is -2.30. The van der Waals surface area contributed by atoms with Gasteiger partial charge in [0.15, 0.2) is 21.8 Å². The van der Waals surface area contributed by atoms with Crippen LogP contribution in [-0.4, -0.2) is 32.0 Å². The highest BCUT2D eigenvalue weighted by molar-refractivity contribution is 8.00. The van der Waals surface area contributed by atoms with Crippen molar-refractivity contribution >= 4 is 28.4 Å². The van der Waals surface area contributed by atoms with Crippen LogP contribution >= 0.6 is 11.8 Å². The molecule has 0 aliphatic carbocycles. The molecule has 1 heterocycles. The predicted octanol–water partition coefficient (Wildman–Crippen LogP) is 3.16. The van der Waals surface area contributed by atoms with Crippen LogP contribution in [0.15, 0.2) is 23.6 Å². The Labute approximate surface area is 104 Å². The van der Waals surface area contributed by atoms with E-state index in [0.717, 1.165) is 10.5 Å². The van der Waals surface area contributed by atoms with E-state index in [0.29, 0.717) is 0 Å². The highest BCUT2D eigenvalue weighted by Crippen LogP contribution is 2.21. The Hall–Kier alpha value is -0.176. The fourth-order valence-electron chi connectivity index (χ4n) is 1.46. The number of nitrogens with zero attached hydrogens (tertiary/aromatic N) is 2. The summed E-state index contributed by atoms with van der Waals surface area (Å²) in [6, 6.07) is 1.84. The van der Waals surface area contributed by atoms with E-state index in [1.165, 1.54) is 0 Å². The lowest BCUT2D eigenvalue weighted by Crippen LogP contribution is -2.44. The summed E-state index contributed by atoms with van der Waals surface area (Å²) in [4.78, 5) is 8.42. The van der Waals surface area contributed by atoms with Crippen molar-refractivity contribution in [1.29, 1.82) is 0 Å². The van der Waals surface area contributed by atoms with Crippen molar-refractivity contribution < 1.29 is 4.12 Å². The molecule has 1 rings (SSSR count). The Balaban J connectivity index is 2.48. The van der Waals surface area contributed by atoms with Gasteiger partial charge < -0.3 is 4.12 Å². The summed E-state index contributed by atoms with van der Waals surface area (Å²) in [5.74, 6) is 0. The van der Waals surface area contributed by atoms with Gasteiger partial charge in [-0.15, -0.1) is 0 Å². The maximum absolute atomic E-state index is 6.25. The second-order valence-electron chi connectivity index (χ2n) is 5.29. The summed E-state index contributed by atoms with van der Waals surface area (Å²) in [7, 11) is -3.00. The number of rotatable bonds is 5. The van der Waals surface area contributed by atoms with Crippen LogP contribution < -0.4 is 0 Å². The van der Waals surface area contributed by atoms with Gasteiger partial charge in [0.1, 0.15) is 0 Å². The summed E-state index contributed by atoms with van der Waals surface area (Å²) in [5, 5.41) is 1.86. The third kappa shape index (κ3) is 5.78. The molecular formula is C10H20N2OSSi2. The fraction of sp³-hybridized carbons (Fsp3) is 0.600. The van der Waals surface area contributed by atoms with E-state index in [9.17, 15) is 0 Å². The molecule has 90 valence electrons. The second kappa shape index (κ2) is 5.44. The molecule has 3 nitrogen and oxygen atoms in total. The van der Waals surface area contributed by atoms with Crippen molar-refractivity contribution in [1.82, 2.24) is 9.97 Å². The van der Waals surface area contributed by atoms with Crippen LogP contribution in [0.4, 0.5) is 0 Å². The second-order valence-corrected chi connectivity index (χ2v) is 15.7. The quantitative estimate of drug-likeness (QED) is 0.468. The average Bonchev–Trinajstić information content (AvgIpc) is 2.13. The van der Waals surface area contributed by atoms with E-state index in [1.807, 2.05) is 6.07 Å². The lowest BCUT2D eigenvalue weighted by molar-refractivity contribution is 0.558. The summed E-state index contributed by atoms with van der Waals surface area (Å²) in [6.45, 7) is 11.3. The third-order valence-electron chi connectivity index (χ3n) is 1.67. The van der Waals surface area contributed by atoms with E-state index in [2.05, 4.69) is 42.7 Å². The van der Waals surface area contributed by atoms with E-state index in [4.69, 9.17) is 4.12 Å². The topological polar surface area (TPSA) is 35.0 Å². The number of aromatic nitrogens is 2. The minimum atomic E-state index is -1.58. The SMILES string of the molecule is C[Si](C)(C)O[Si](C)(C)CSc1ncccn1. The third-order valence-corrected chi connectivity index (χ3v) is 10.2. The first-order chi connectivity index (χ1) is 7.29. The standard InChI is InChI=1S/C10H20N2OSSi2/c1-15(2,3)13-16(4,5)9-14-10-11-7-6-8-12-10/h6-8H,9H2,1-5H3. The minimum absolute atomic E-state index is 0.849. The van der Waals surface area contributed by atoms with Crippen LogP contribution in [0.25, 0.3) is 0 Å². The first-order valence-corrected chi connectivity index (χ1v) is 12.9. The van der Waals surface area contributed by atoms with E-state index >= 15 is 0 Å². The molecule has 0 saturated heterocycles. The van der Waals surface area contributed by atoms with Crippen molar-refractivity contribution in [3.63, 3.8) is 0 Å². The van der Waals surface area contributed by atoms with Gasteiger partial charge in [0.2, 0.25) is 0 Å². The average molecular weight is 273 g/mol. The molecule has 0 aromatic carbocycles. The Kier molecular flexibility index (Phi) is 4.72. The number of hydrogen-bond donors (Lipinski definition) is 0. The van der Waals surface area contributed by atoms with Crippen LogP contribution in [0, 0.1) is 0 Å². The smallest absolute Gasteiger partial charge is 0.187 e. The Morgan fingerprint density at radius 2 is 1.69 bits per heavy atom. The van der Waals surface area contributed by atoms with Gasteiger partial charge >= 0.3 is 0 Å². The molecule has 0 saturated carbocycles. The fourth-order valence-corrected chi connectivity index (χ4v) is 11.0. The monoisotopic (exact) mass is 272 g/mol. The van der Waals surface area contributed by atoms with Crippen LogP contribution in [0.2, 0.25) is 32.7 Å².